The summed E-state index contributed by atoms with van der Waals surface area (Å²) in [5.41, 5.74) is 2.95. The van der Waals surface area contributed by atoms with Gasteiger partial charge < -0.3 is 15.7 Å². The summed E-state index contributed by atoms with van der Waals surface area (Å²) >= 11 is 1.40. The molecule has 1 aliphatic carbocycles. The number of carboxylic acid groups (broad SMARTS) is 1. The van der Waals surface area contributed by atoms with E-state index in [4.69, 9.17) is 0 Å². The van der Waals surface area contributed by atoms with Crippen LogP contribution in [0, 0.1) is 12.8 Å². The Balaban J connectivity index is 1.49. The van der Waals surface area contributed by atoms with E-state index in [1.807, 2.05) is 61.5 Å². The molecule has 7 heteroatoms. The minimum atomic E-state index is -1.05. The number of carbonyl (C=O) groups excluding carboxylic acids is 2. The molecule has 3 N–H and O–H groups in total. The van der Waals surface area contributed by atoms with Gasteiger partial charge in [0.05, 0.1) is 5.56 Å². The molecule has 3 aromatic rings. The minimum Gasteiger partial charge on any atom is -0.478 e. The Kier molecular flexibility index (Phi) is 8.44. The number of aryl methyl sites for hydroxylation is 1. The number of nitrogens with one attached hydrogen (secondary N) is 2. The summed E-state index contributed by atoms with van der Waals surface area (Å²) < 4.78 is 0. The van der Waals surface area contributed by atoms with Crippen LogP contribution in [-0.4, -0.2) is 22.9 Å². The predicted molar refractivity (Wildman–Crippen MR) is 143 cm³/mol. The number of hydrogen-bond acceptors (Lipinski definition) is 4. The van der Waals surface area contributed by atoms with Crippen LogP contribution in [0.15, 0.2) is 77.7 Å². The molecule has 36 heavy (non-hydrogen) atoms. The normalized spacial score (nSPS) is 14.6. The zero-order valence-electron chi connectivity index (χ0n) is 20.2. The van der Waals surface area contributed by atoms with Gasteiger partial charge in [-0.15, -0.1) is 11.8 Å². The van der Waals surface area contributed by atoms with Crippen molar-refractivity contribution >= 4 is 40.9 Å². The molecule has 1 unspecified atom stereocenters. The zero-order valence-corrected chi connectivity index (χ0v) is 21.0. The molecule has 0 bridgehead atoms. The van der Waals surface area contributed by atoms with Gasteiger partial charge >= 0.3 is 5.97 Å². The molecule has 1 saturated carbocycles. The minimum absolute atomic E-state index is 0.0793. The van der Waals surface area contributed by atoms with E-state index >= 15 is 0 Å². The Morgan fingerprint density at radius 3 is 2.25 bits per heavy atom. The molecule has 0 aromatic heterocycles. The topological polar surface area (TPSA) is 95.5 Å². The van der Waals surface area contributed by atoms with Crippen LogP contribution in [0.25, 0.3) is 0 Å². The van der Waals surface area contributed by atoms with Gasteiger partial charge in [-0.25, -0.2) is 4.79 Å². The molecule has 1 atom stereocenters. The lowest BCUT2D eigenvalue weighted by atomic mass is 9.88. The van der Waals surface area contributed by atoms with Crippen molar-refractivity contribution in [2.24, 2.45) is 5.92 Å². The third-order valence-corrected chi connectivity index (χ3v) is 7.70. The maximum atomic E-state index is 13.4. The molecule has 3 aromatic carbocycles. The van der Waals surface area contributed by atoms with E-state index in [0.29, 0.717) is 5.69 Å². The van der Waals surface area contributed by atoms with Crippen LogP contribution >= 0.6 is 11.8 Å². The van der Waals surface area contributed by atoms with Crippen molar-refractivity contribution in [2.75, 3.05) is 10.6 Å². The fourth-order valence-electron chi connectivity index (χ4n) is 4.35. The highest BCUT2D eigenvalue weighted by molar-refractivity contribution is 8.00. The molecular formula is C29H30N2O4S. The fraction of sp³-hybridized carbons (Fsp3) is 0.276. The van der Waals surface area contributed by atoms with E-state index in [0.717, 1.165) is 47.4 Å². The van der Waals surface area contributed by atoms with Gasteiger partial charge in [-0.05, 0) is 67.3 Å². The van der Waals surface area contributed by atoms with Gasteiger partial charge in [0.25, 0.3) is 0 Å². The van der Waals surface area contributed by atoms with Crippen molar-refractivity contribution in [3.05, 3.63) is 89.5 Å². The lowest BCUT2D eigenvalue weighted by Crippen LogP contribution is -2.24. The molecule has 0 aliphatic heterocycles. The second-order valence-electron chi connectivity index (χ2n) is 9.08. The molecule has 6 nitrogen and oxygen atoms in total. The monoisotopic (exact) mass is 502 g/mol. The van der Waals surface area contributed by atoms with Crippen LogP contribution in [0.2, 0.25) is 0 Å². The Labute approximate surface area is 215 Å². The molecule has 0 radical (unpaired) electrons. The molecule has 186 valence electrons. The van der Waals surface area contributed by atoms with Gasteiger partial charge in [-0.2, -0.15) is 0 Å². The van der Waals surface area contributed by atoms with E-state index in [1.54, 1.807) is 6.07 Å². The number of hydrogen-bond donors (Lipinski definition) is 3. The number of benzene rings is 3. The second-order valence-corrected chi connectivity index (χ2v) is 10.3. The van der Waals surface area contributed by atoms with Crippen molar-refractivity contribution in [3.63, 3.8) is 0 Å². The molecule has 4 rings (SSSR count). The average Bonchev–Trinajstić information content (AvgIpc) is 2.90. The first-order valence-corrected chi connectivity index (χ1v) is 13.1. The number of amides is 2. The molecular weight excluding hydrogens is 472 g/mol. The number of carboxylic acids is 1. The smallest absolute Gasteiger partial charge is 0.335 e. The number of anilines is 2. The predicted octanol–water partition coefficient (Wildman–Crippen LogP) is 6.68. The van der Waals surface area contributed by atoms with E-state index in [2.05, 4.69) is 10.6 Å². The van der Waals surface area contributed by atoms with Crippen LogP contribution in [0.3, 0.4) is 0 Å². The first-order valence-electron chi connectivity index (χ1n) is 12.2. The highest BCUT2D eigenvalue weighted by Gasteiger charge is 2.24. The van der Waals surface area contributed by atoms with Gasteiger partial charge in [0, 0.05) is 22.2 Å². The van der Waals surface area contributed by atoms with Gasteiger partial charge in [-0.1, -0.05) is 55.7 Å². The summed E-state index contributed by atoms with van der Waals surface area (Å²) in [5, 5.41) is 14.7. The zero-order chi connectivity index (χ0) is 25.5. The first-order chi connectivity index (χ1) is 17.4. The van der Waals surface area contributed by atoms with Crippen molar-refractivity contribution in [3.8, 4) is 0 Å². The molecule has 2 amide bonds. The number of aromatic carboxylic acids is 1. The number of thioether (sulfide) groups is 1. The Bertz CT molecular complexity index is 1220. The van der Waals surface area contributed by atoms with Crippen LogP contribution in [0.5, 0.6) is 0 Å². The SMILES string of the molecule is Cc1ccc(C(=O)O)cc1NC(=O)C(Sc1ccc(NC(=O)C2CCCCC2)cc1)c1ccccc1. The van der Waals surface area contributed by atoms with Gasteiger partial charge in [0.2, 0.25) is 11.8 Å². The maximum Gasteiger partial charge on any atom is 0.335 e. The maximum absolute atomic E-state index is 13.4. The lowest BCUT2D eigenvalue weighted by Gasteiger charge is -2.21. The van der Waals surface area contributed by atoms with E-state index in [-0.39, 0.29) is 23.3 Å². The Hall–Kier alpha value is -3.58. The van der Waals surface area contributed by atoms with Crippen molar-refractivity contribution in [1.82, 2.24) is 0 Å². The van der Waals surface area contributed by atoms with Crippen molar-refractivity contribution in [1.29, 1.82) is 0 Å². The molecule has 0 heterocycles. The number of carbonyl (C=O) groups is 3. The van der Waals surface area contributed by atoms with Gasteiger partial charge in [0.15, 0.2) is 0 Å². The largest absolute Gasteiger partial charge is 0.478 e. The molecule has 1 fully saturated rings. The third-order valence-electron chi connectivity index (χ3n) is 6.43. The van der Waals surface area contributed by atoms with E-state index in [1.165, 1.54) is 30.3 Å². The lowest BCUT2D eigenvalue weighted by molar-refractivity contribution is -0.120. The summed E-state index contributed by atoms with van der Waals surface area (Å²) in [4.78, 5) is 38.2. The van der Waals surface area contributed by atoms with Crippen molar-refractivity contribution in [2.45, 2.75) is 49.2 Å². The summed E-state index contributed by atoms with van der Waals surface area (Å²) in [7, 11) is 0. The van der Waals surface area contributed by atoms with Crippen LogP contribution in [0.1, 0.15) is 58.8 Å². The second kappa shape index (κ2) is 11.9. The Morgan fingerprint density at radius 2 is 1.58 bits per heavy atom. The summed E-state index contributed by atoms with van der Waals surface area (Å²) in [5.74, 6) is -1.13. The standard InChI is InChI=1S/C29H30N2O4S/c1-19-12-13-22(29(34)35)18-25(19)31-28(33)26(20-8-4-2-5-9-20)36-24-16-14-23(15-17-24)30-27(32)21-10-6-3-7-11-21/h2,4-5,8-9,12-18,21,26H,3,6-7,10-11H2,1H3,(H,30,32)(H,31,33)(H,34,35). The van der Waals surface area contributed by atoms with Crippen LogP contribution in [0.4, 0.5) is 11.4 Å². The highest BCUT2D eigenvalue weighted by atomic mass is 32.2. The fourth-order valence-corrected chi connectivity index (χ4v) is 5.38. The highest BCUT2D eigenvalue weighted by Crippen LogP contribution is 2.37. The summed E-state index contributed by atoms with van der Waals surface area (Å²) in [6.07, 6.45) is 5.31. The van der Waals surface area contributed by atoms with Gasteiger partial charge in [0.1, 0.15) is 5.25 Å². The Morgan fingerprint density at radius 1 is 0.889 bits per heavy atom. The third kappa shape index (κ3) is 6.55. The van der Waals surface area contributed by atoms with Crippen LogP contribution < -0.4 is 10.6 Å². The number of rotatable bonds is 8. The molecule has 0 spiro atoms. The van der Waals surface area contributed by atoms with Gasteiger partial charge in [-0.3, -0.25) is 9.59 Å². The van der Waals surface area contributed by atoms with Crippen molar-refractivity contribution < 1.29 is 19.5 Å². The van der Waals surface area contributed by atoms with E-state index < -0.39 is 11.2 Å². The quantitative estimate of drug-likeness (QED) is 0.299. The average molecular weight is 503 g/mol. The van der Waals surface area contributed by atoms with Crippen LogP contribution in [-0.2, 0) is 9.59 Å². The first kappa shape index (κ1) is 25.5. The summed E-state index contributed by atoms with van der Waals surface area (Å²) in [6.45, 7) is 1.83. The molecule has 1 aliphatic rings. The molecule has 0 saturated heterocycles. The summed E-state index contributed by atoms with van der Waals surface area (Å²) in [6, 6.07) is 21.7. The van der Waals surface area contributed by atoms with E-state index in [9.17, 15) is 19.5 Å².